The van der Waals surface area contributed by atoms with Gasteiger partial charge in [0.25, 0.3) is 0 Å². The van der Waals surface area contributed by atoms with E-state index in [9.17, 15) is 4.79 Å². The van der Waals surface area contributed by atoms with E-state index < -0.39 is 0 Å². The molecule has 1 aliphatic carbocycles. The van der Waals surface area contributed by atoms with E-state index >= 15 is 0 Å². The van der Waals surface area contributed by atoms with Gasteiger partial charge in [0, 0.05) is 13.1 Å². The third-order valence-electron chi connectivity index (χ3n) is 3.87. The Morgan fingerprint density at radius 3 is 2.47 bits per heavy atom. The van der Waals surface area contributed by atoms with Gasteiger partial charge in [-0.1, -0.05) is 20.3 Å². The fraction of sp³-hybridized carbons (Fsp3) is 0.917. The lowest BCUT2D eigenvalue weighted by atomic mass is 9.78. The van der Waals surface area contributed by atoms with Gasteiger partial charge in [-0.15, -0.1) is 0 Å². The first kappa shape index (κ1) is 10.8. The van der Waals surface area contributed by atoms with Crippen LogP contribution in [0.3, 0.4) is 0 Å². The summed E-state index contributed by atoms with van der Waals surface area (Å²) in [6.45, 7) is 6.29. The van der Waals surface area contributed by atoms with E-state index in [4.69, 9.17) is 4.74 Å². The standard InChI is InChI=1S/C12H21NO2/c1-3-12(2)6-8-13(9-7-12)11(14)15-10-4-5-10/h10H,3-9H2,1-2H3. The van der Waals surface area contributed by atoms with E-state index in [2.05, 4.69) is 13.8 Å². The highest BCUT2D eigenvalue weighted by molar-refractivity contribution is 5.68. The number of ether oxygens (including phenoxy) is 1. The number of carbonyl (C=O) groups is 1. The van der Waals surface area contributed by atoms with E-state index in [0.29, 0.717) is 5.41 Å². The maximum absolute atomic E-state index is 11.7. The van der Waals surface area contributed by atoms with Gasteiger partial charge in [-0.05, 0) is 31.1 Å². The second-order valence-corrected chi connectivity index (χ2v) is 5.23. The summed E-state index contributed by atoms with van der Waals surface area (Å²) >= 11 is 0. The molecule has 1 saturated heterocycles. The molecule has 3 heteroatoms. The maximum Gasteiger partial charge on any atom is 0.410 e. The number of likely N-dealkylation sites (tertiary alicyclic amines) is 1. The molecule has 0 bridgehead atoms. The van der Waals surface area contributed by atoms with E-state index in [0.717, 1.165) is 38.8 Å². The van der Waals surface area contributed by atoms with Gasteiger partial charge in [-0.25, -0.2) is 4.79 Å². The van der Waals surface area contributed by atoms with E-state index in [1.807, 2.05) is 4.90 Å². The predicted octanol–water partition coefficient (Wildman–Crippen LogP) is 2.80. The van der Waals surface area contributed by atoms with Crippen molar-refractivity contribution in [1.29, 1.82) is 0 Å². The molecular weight excluding hydrogens is 190 g/mol. The minimum atomic E-state index is -0.0874. The van der Waals surface area contributed by atoms with Crippen LogP contribution in [0.2, 0.25) is 0 Å². The van der Waals surface area contributed by atoms with Crippen LogP contribution in [-0.4, -0.2) is 30.2 Å². The fourth-order valence-electron chi connectivity index (χ4n) is 1.99. The van der Waals surface area contributed by atoms with Gasteiger partial charge in [0.15, 0.2) is 0 Å². The van der Waals surface area contributed by atoms with Gasteiger partial charge in [0.2, 0.25) is 0 Å². The van der Waals surface area contributed by atoms with E-state index in [1.165, 1.54) is 6.42 Å². The smallest absolute Gasteiger partial charge is 0.410 e. The average molecular weight is 211 g/mol. The van der Waals surface area contributed by atoms with Gasteiger partial charge in [-0.2, -0.15) is 0 Å². The minimum absolute atomic E-state index is 0.0874. The zero-order valence-corrected chi connectivity index (χ0v) is 9.79. The van der Waals surface area contributed by atoms with Crippen molar-refractivity contribution in [2.75, 3.05) is 13.1 Å². The Hall–Kier alpha value is -0.730. The van der Waals surface area contributed by atoms with Crippen molar-refractivity contribution < 1.29 is 9.53 Å². The van der Waals surface area contributed by atoms with Crippen LogP contribution in [0.4, 0.5) is 4.79 Å². The molecule has 1 amide bonds. The van der Waals surface area contributed by atoms with Crippen molar-refractivity contribution >= 4 is 6.09 Å². The number of amides is 1. The summed E-state index contributed by atoms with van der Waals surface area (Å²) in [5.41, 5.74) is 0.441. The fourth-order valence-corrected chi connectivity index (χ4v) is 1.99. The minimum Gasteiger partial charge on any atom is -0.446 e. The lowest BCUT2D eigenvalue weighted by Gasteiger charge is -2.38. The van der Waals surface area contributed by atoms with Gasteiger partial charge in [0.05, 0.1) is 0 Å². The molecule has 0 unspecified atom stereocenters. The van der Waals surface area contributed by atoms with E-state index in [1.54, 1.807) is 0 Å². The van der Waals surface area contributed by atoms with Gasteiger partial charge >= 0.3 is 6.09 Å². The van der Waals surface area contributed by atoms with Crippen molar-refractivity contribution in [1.82, 2.24) is 4.90 Å². The van der Waals surface area contributed by atoms with Crippen LogP contribution in [0.5, 0.6) is 0 Å². The number of carbonyl (C=O) groups excluding carboxylic acids is 1. The van der Waals surface area contributed by atoms with Gasteiger partial charge in [-0.3, -0.25) is 0 Å². The first-order valence-electron chi connectivity index (χ1n) is 6.08. The normalized spacial score (nSPS) is 25.1. The first-order chi connectivity index (χ1) is 7.13. The molecule has 1 heterocycles. The molecule has 0 aromatic carbocycles. The summed E-state index contributed by atoms with van der Waals surface area (Å²) in [4.78, 5) is 13.5. The molecule has 2 rings (SSSR count). The number of hydrogen-bond acceptors (Lipinski definition) is 2. The molecule has 0 aromatic heterocycles. The molecule has 2 fully saturated rings. The zero-order chi connectivity index (χ0) is 10.9. The highest BCUT2D eigenvalue weighted by Crippen LogP contribution is 2.34. The summed E-state index contributed by atoms with van der Waals surface area (Å²) in [6, 6.07) is 0. The summed E-state index contributed by atoms with van der Waals surface area (Å²) < 4.78 is 5.29. The maximum atomic E-state index is 11.7. The highest BCUT2D eigenvalue weighted by atomic mass is 16.6. The molecule has 0 N–H and O–H groups in total. The van der Waals surface area contributed by atoms with Crippen molar-refractivity contribution in [2.45, 2.75) is 52.1 Å². The Kier molecular flexibility index (Phi) is 2.89. The molecule has 0 aromatic rings. The van der Waals surface area contributed by atoms with Crippen LogP contribution in [0.15, 0.2) is 0 Å². The topological polar surface area (TPSA) is 29.5 Å². The quantitative estimate of drug-likeness (QED) is 0.703. The first-order valence-corrected chi connectivity index (χ1v) is 6.08. The Bertz CT molecular complexity index is 240. The molecular formula is C12H21NO2. The number of rotatable bonds is 2. The third-order valence-corrected chi connectivity index (χ3v) is 3.87. The molecule has 86 valence electrons. The van der Waals surface area contributed by atoms with Gasteiger partial charge in [0.1, 0.15) is 6.10 Å². The molecule has 0 atom stereocenters. The summed E-state index contributed by atoms with van der Waals surface area (Å²) in [5.74, 6) is 0. The highest BCUT2D eigenvalue weighted by Gasteiger charge is 2.33. The lowest BCUT2D eigenvalue weighted by Crippen LogP contribution is -2.42. The van der Waals surface area contributed by atoms with Crippen molar-refractivity contribution in [3.05, 3.63) is 0 Å². The number of piperidine rings is 1. The molecule has 0 spiro atoms. The second kappa shape index (κ2) is 4.03. The molecule has 2 aliphatic rings. The summed E-state index contributed by atoms with van der Waals surface area (Å²) in [7, 11) is 0. The predicted molar refractivity (Wildman–Crippen MR) is 58.7 cm³/mol. The monoisotopic (exact) mass is 211 g/mol. The molecule has 0 radical (unpaired) electrons. The molecule has 1 aliphatic heterocycles. The van der Waals surface area contributed by atoms with Crippen LogP contribution in [0.1, 0.15) is 46.0 Å². The van der Waals surface area contributed by atoms with Crippen LogP contribution in [0.25, 0.3) is 0 Å². The Morgan fingerprint density at radius 2 is 2.00 bits per heavy atom. The SMILES string of the molecule is CCC1(C)CCN(C(=O)OC2CC2)CC1. The zero-order valence-electron chi connectivity index (χ0n) is 9.79. The van der Waals surface area contributed by atoms with Crippen molar-refractivity contribution in [3.8, 4) is 0 Å². The van der Waals surface area contributed by atoms with Crippen LogP contribution in [0, 0.1) is 5.41 Å². The van der Waals surface area contributed by atoms with Crippen LogP contribution < -0.4 is 0 Å². The van der Waals surface area contributed by atoms with Crippen molar-refractivity contribution in [2.24, 2.45) is 5.41 Å². The van der Waals surface area contributed by atoms with Crippen LogP contribution in [-0.2, 0) is 4.74 Å². The molecule has 15 heavy (non-hydrogen) atoms. The average Bonchev–Trinajstić information content (AvgIpc) is 3.03. The largest absolute Gasteiger partial charge is 0.446 e. The lowest BCUT2D eigenvalue weighted by molar-refractivity contribution is 0.0650. The van der Waals surface area contributed by atoms with Crippen molar-refractivity contribution in [3.63, 3.8) is 0 Å². The van der Waals surface area contributed by atoms with Gasteiger partial charge < -0.3 is 9.64 Å². The Morgan fingerprint density at radius 1 is 1.40 bits per heavy atom. The third kappa shape index (κ3) is 2.64. The number of hydrogen-bond donors (Lipinski definition) is 0. The summed E-state index contributed by atoms with van der Waals surface area (Å²) in [6.07, 6.45) is 5.71. The Labute approximate surface area is 91.8 Å². The van der Waals surface area contributed by atoms with Crippen LogP contribution >= 0.6 is 0 Å². The molecule has 1 saturated carbocycles. The Balaban J connectivity index is 1.79. The second-order valence-electron chi connectivity index (χ2n) is 5.23. The number of nitrogens with zero attached hydrogens (tertiary/aromatic N) is 1. The molecule has 3 nitrogen and oxygen atoms in total. The van der Waals surface area contributed by atoms with E-state index in [-0.39, 0.29) is 12.2 Å². The summed E-state index contributed by atoms with van der Waals surface area (Å²) in [5, 5.41) is 0.